The molecule has 0 bridgehead atoms. The van der Waals surface area contributed by atoms with Crippen molar-refractivity contribution in [2.24, 2.45) is 5.92 Å². The number of ketones is 1. The van der Waals surface area contributed by atoms with Crippen LogP contribution in [-0.4, -0.2) is 110 Å². The summed E-state index contributed by atoms with van der Waals surface area (Å²) in [7, 11) is 3.15. The van der Waals surface area contributed by atoms with Crippen LogP contribution in [0.2, 0.25) is 0 Å². The molecule has 0 radical (unpaired) electrons. The minimum Gasteiger partial charge on any atom is -0.481 e. The molecule has 2 atom stereocenters. The van der Waals surface area contributed by atoms with Gasteiger partial charge in [-0.15, -0.1) is 12.4 Å². The van der Waals surface area contributed by atoms with Crippen LogP contribution in [0.4, 0.5) is 16.2 Å². The molecule has 6 aliphatic rings. The molecule has 16 nitrogen and oxygen atoms in total. The van der Waals surface area contributed by atoms with E-state index < -0.39 is 10.8 Å². The summed E-state index contributed by atoms with van der Waals surface area (Å²) in [6.45, 7) is 8.36. The van der Waals surface area contributed by atoms with Crippen molar-refractivity contribution in [2.75, 3.05) is 64.2 Å². The molecule has 4 fully saturated rings. The number of fused-ring (bicyclic) bond motifs is 4. The molecule has 17 heteroatoms. The van der Waals surface area contributed by atoms with Gasteiger partial charge in [0.15, 0.2) is 0 Å². The Hall–Kier alpha value is -4.54. The highest BCUT2D eigenvalue weighted by Crippen LogP contribution is 2.49. The second kappa shape index (κ2) is 19.9. The number of likely N-dealkylation sites (tertiary alicyclic amines) is 1. The predicted octanol–water partition coefficient (Wildman–Crippen LogP) is 4.44. The van der Waals surface area contributed by atoms with E-state index in [0.29, 0.717) is 69.0 Å². The van der Waals surface area contributed by atoms with Gasteiger partial charge in [0.2, 0.25) is 23.6 Å². The molecule has 0 aromatic carbocycles. The van der Waals surface area contributed by atoms with Crippen molar-refractivity contribution in [3.63, 3.8) is 0 Å². The maximum absolute atomic E-state index is 12.8. The lowest BCUT2D eigenvalue weighted by Gasteiger charge is -2.39. The van der Waals surface area contributed by atoms with Crippen LogP contribution in [0.3, 0.4) is 0 Å². The van der Waals surface area contributed by atoms with E-state index in [4.69, 9.17) is 18.9 Å². The number of alkyl carbamates (subject to hydrolysis) is 1. The van der Waals surface area contributed by atoms with E-state index in [2.05, 4.69) is 36.1 Å². The van der Waals surface area contributed by atoms with Crippen LogP contribution in [0.15, 0.2) is 24.5 Å². The number of aromatic nitrogens is 2. The number of pyridine rings is 2. The minimum absolute atomic E-state index is 0. The zero-order valence-electron chi connectivity index (χ0n) is 34.0. The average molecular weight is 828 g/mol. The van der Waals surface area contributed by atoms with Crippen molar-refractivity contribution >= 4 is 53.4 Å². The summed E-state index contributed by atoms with van der Waals surface area (Å²) in [5.74, 6) is 1.68. The van der Waals surface area contributed by atoms with Gasteiger partial charge >= 0.3 is 12.1 Å². The molecule has 0 unspecified atom stereocenters. The molecule has 2 spiro atoms. The van der Waals surface area contributed by atoms with Crippen LogP contribution >= 0.6 is 12.4 Å². The zero-order valence-corrected chi connectivity index (χ0v) is 34.8. The van der Waals surface area contributed by atoms with Gasteiger partial charge in [-0.05, 0) is 95.3 Å². The summed E-state index contributed by atoms with van der Waals surface area (Å²) >= 11 is 0. The molecule has 8 rings (SSSR count). The normalized spacial score (nSPS) is 25.1. The fraction of sp³-hybridized carbons (Fsp3) is 0.634. The monoisotopic (exact) mass is 827 g/mol. The first-order chi connectivity index (χ1) is 27.5. The number of ether oxygens (including phenoxy) is 4. The van der Waals surface area contributed by atoms with Gasteiger partial charge in [0, 0.05) is 56.6 Å². The van der Waals surface area contributed by atoms with Crippen molar-refractivity contribution < 1.29 is 42.9 Å². The van der Waals surface area contributed by atoms with Crippen molar-refractivity contribution in [1.29, 1.82) is 0 Å². The summed E-state index contributed by atoms with van der Waals surface area (Å²) in [6, 6.07) is 4.47. The fourth-order valence-electron chi connectivity index (χ4n) is 9.16. The van der Waals surface area contributed by atoms with E-state index in [1.165, 1.54) is 0 Å². The van der Waals surface area contributed by atoms with Crippen LogP contribution in [0.1, 0.15) is 95.6 Å². The SMILES string of the molecule is CCOC(=O)C[C@H]1CCN(C2CCC3(CC2)C(=O)Nc2cnc(OC)cc23)C1.CCOC(=O)N[C@H]1CCNC1.COc1cc2c(cn1)NC(=O)C21CCC(=O)CC1.Cl. The Kier molecular flexibility index (Phi) is 15.3. The van der Waals surface area contributed by atoms with Crippen LogP contribution in [0.25, 0.3) is 0 Å². The Morgan fingerprint density at radius 1 is 0.828 bits per heavy atom. The predicted molar refractivity (Wildman–Crippen MR) is 218 cm³/mol. The standard InChI is InChI=1S/C21H29N3O4.C13H14N2O3.C7H14N2O2.ClH/c1-3-28-19(25)10-14-6-9-24(13-14)15-4-7-21(8-5-15)16-11-18(27-2)22-12-17(16)23-20(21)26;1-18-11-6-9-10(7-14-11)15-12(17)13(9)4-2-8(16)3-5-13;1-2-11-7(10)9-6-3-4-8-5-6;/h11-12,14-15H,3-10,13H2,1-2H3,(H,23,26);6-7H,2-5H2,1H3,(H,15,17);6,8H,2-5H2,1H3,(H,9,10);1H/t14-,15?,21?;;6-;/m1.0./s1. The Labute approximate surface area is 346 Å². The van der Waals surface area contributed by atoms with E-state index in [1.807, 2.05) is 19.1 Å². The quantitative estimate of drug-likeness (QED) is 0.273. The Morgan fingerprint density at radius 3 is 1.91 bits per heavy atom. The number of rotatable bonds is 8. The highest BCUT2D eigenvalue weighted by Gasteiger charge is 2.51. The molecule has 2 aliphatic carbocycles. The molecular formula is C41H58ClN7O9. The van der Waals surface area contributed by atoms with E-state index in [1.54, 1.807) is 33.5 Å². The smallest absolute Gasteiger partial charge is 0.407 e. The lowest BCUT2D eigenvalue weighted by Crippen LogP contribution is -2.44. The number of Topliss-reactive ketones (excluding diaryl/α,β-unsaturated/α-hetero) is 1. The highest BCUT2D eigenvalue weighted by molar-refractivity contribution is 6.07. The van der Waals surface area contributed by atoms with E-state index >= 15 is 0 Å². The summed E-state index contributed by atoms with van der Waals surface area (Å²) in [4.78, 5) is 69.8. The van der Waals surface area contributed by atoms with E-state index in [9.17, 15) is 24.0 Å². The molecule has 4 aliphatic heterocycles. The number of amides is 3. The number of anilines is 2. The zero-order chi connectivity index (χ0) is 40.6. The molecule has 58 heavy (non-hydrogen) atoms. The summed E-state index contributed by atoms with van der Waals surface area (Å²) in [5, 5.41) is 11.8. The molecule has 2 saturated carbocycles. The first-order valence-corrected chi connectivity index (χ1v) is 20.3. The van der Waals surface area contributed by atoms with Gasteiger partial charge < -0.3 is 45.1 Å². The Bertz CT molecular complexity index is 1790. The summed E-state index contributed by atoms with van der Waals surface area (Å²) in [6.07, 6.45) is 11.3. The third-order valence-electron chi connectivity index (χ3n) is 12.3. The highest BCUT2D eigenvalue weighted by atomic mass is 35.5. The molecule has 2 aromatic rings. The topological polar surface area (TPSA) is 199 Å². The van der Waals surface area contributed by atoms with Crippen LogP contribution < -0.4 is 30.7 Å². The van der Waals surface area contributed by atoms with E-state index in [0.717, 1.165) is 87.2 Å². The molecule has 2 saturated heterocycles. The van der Waals surface area contributed by atoms with Crippen molar-refractivity contribution in [1.82, 2.24) is 25.5 Å². The largest absolute Gasteiger partial charge is 0.481 e. The third kappa shape index (κ3) is 9.83. The Morgan fingerprint density at radius 2 is 1.40 bits per heavy atom. The first-order valence-electron chi connectivity index (χ1n) is 20.3. The first kappa shape index (κ1) is 44.6. The van der Waals surface area contributed by atoms with Gasteiger partial charge in [-0.3, -0.25) is 19.2 Å². The van der Waals surface area contributed by atoms with Gasteiger partial charge in [0.05, 0.1) is 62.0 Å². The molecule has 2 aromatic heterocycles. The van der Waals surface area contributed by atoms with Gasteiger partial charge in [-0.1, -0.05) is 0 Å². The fourth-order valence-corrected chi connectivity index (χ4v) is 9.16. The molecule has 6 heterocycles. The number of hydrogen-bond acceptors (Lipinski definition) is 13. The van der Waals surface area contributed by atoms with Gasteiger partial charge in [-0.2, -0.15) is 0 Å². The summed E-state index contributed by atoms with van der Waals surface area (Å²) < 4.78 is 20.2. The number of esters is 1. The molecule has 4 N–H and O–H groups in total. The van der Waals surface area contributed by atoms with Gasteiger partial charge in [0.25, 0.3) is 0 Å². The Balaban J connectivity index is 0.000000183. The van der Waals surface area contributed by atoms with Crippen LogP contribution in [0.5, 0.6) is 11.8 Å². The van der Waals surface area contributed by atoms with Gasteiger partial charge in [0.1, 0.15) is 5.78 Å². The number of methoxy groups -OCH3 is 2. The molecule has 318 valence electrons. The number of halogens is 1. The third-order valence-corrected chi connectivity index (χ3v) is 12.3. The van der Waals surface area contributed by atoms with Crippen LogP contribution in [0, 0.1) is 5.92 Å². The maximum Gasteiger partial charge on any atom is 0.407 e. The van der Waals surface area contributed by atoms with Crippen molar-refractivity contribution in [2.45, 2.75) is 107 Å². The maximum atomic E-state index is 12.8. The number of hydrogen-bond donors (Lipinski definition) is 4. The van der Waals surface area contributed by atoms with Crippen molar-refractivity contribution in [3.05, 3.63) is 35.7 Å². The second-order valence-electron chi connectivity index (χ2n) is 15.6. The van der Waals surface area contributed by atoms with Crippen molar-refractivity contribution in [3.8, 4) is 11.8 Å². The van der Waals surface area contributed by atoms with E-state index in [-0.39, 0.29) is 48.1 Å². The number of nitrogens with one attached hydrogen (secondary N) is 4. The van der Waals surface area contributed by atoms with Crippen LogP contribution in [-0.2, 0) is 39.5 Å². The number of carbonyl (C=O) groups is 5. The second-order valence-corrected chi connectivity index (χ2v) is 15.6. The minimum atomic E-state index is -0.556. The lowest BCUT2D eigenvalue weighted by atomic mass is 9.69. The lowest BCUT2D eigenvalue weighted by molar-refractivity contribution is -0.144. The number of carbonyl (C=O) groups excluding carboxylic acids is 5. The van der Waals surface area contributed by atoms with Gasteiger partial charge in [-0.25, -0.2) is 14.8 Å². The molecular weight excluding hydrogens is 770 g/mol. The molecule has 3 amide bonds. The number of nitrogens with zero attached hydrogens (tertiary/aromatic N) is 3. The summed E-state index contributed by atoms with van der Waals surface area (Å²) in [5.41, 5.74) is 2.51. The average Bonchev–Trinajstić information content (AvgIpc) is 4.01.